The molecule has 5 rings (SSSR count). The van der Waals surface area contributed by atoms with Crippen molar-refractivity contribution < 1.29 is 18.6 Å². The van der Waals surface area contributed by atoms with Crippen LogP contribution in [0.2, 0.25) is 0 Å². The van der Waals surface area contributed by atoms with Crippen LogP contribution in [0.15, 0.2) is 48.5 Å². The molecule has 0 radical (unpaired) electrons. The van der Waals surface area contributed by atoms with Gasteiger partial charge in [0.1, 0.15) is 5.75 Å². The van der Waals surface area contributed by atoms with E-state index in [1.807, 2.05) is 4.90 Å². The Labute approximate surface area is 175 Å². The summed E-state index contributed by atoms with van der Waals surface area (Å²) in [6.07, 6.45) is -2.82. The van der Waals surface area contributed by atoms with Gasteiger partial charge in [-0.05, 0) is 24.3 Å². The van der Waals surface area contributed by atoms with Crippen LogP contribution in [0.3, 0.4) is 0 Å². The van der Waals surface area contributed by atoms with Crippen LogP contribution in [0.25, 0.3) is 28.4 Å². The Bertz CT molecular complexity index is 1240. The van der Waals surface area contributed by atoms with Crippen LogP contribution < -0.4 is 4.90 Å². The number of aromatic nitrogens is 5. The zero-order valence-corrected chi connectivity index (χ0v) is 16.3. The number of morpholine rings is 1. The van der Waals surface area contributed by atoms with E-state index in [1.54, 1.807) is 36.4 Å². The smallest absolute Gasteiger partial charge is 0.296 e. The summed E-state index contributed by atoms with van der Waals surface area (Å²) in [7, 11) is 0. The maximum Gasteiger partial charge on any atom is 0.296 e. The van der Waals surface area contributed by atoms with Crippen LogP contribution in [-0.2, 0) is 4.74 Å². The van der Waals surface area contributed by atoms with Gasteiger partial charge in [0.2, 0.25) is 11.9 Å². The molecule has 0 atom stereocenters. The number of alkyl halides is 2. The van der Waals surface area contributed by atoms with E-state index in [9.17, 15) is 13.9 Å². The first-order chi connectivity index (χ1) is 15.1. The molecule has 0 spiro atoms. The molecule has 1 aliphatic rings. The first kappa shape index (κ1) is 19.3. The number of halogens is 2. The number of phenols is 1. The van der Waals surface area contributed by atoms with Crippen molar-refractivity contribution in [2.75, 3.05) is 31.2 Å². The Hall–Kier alpha value is -3.66. The molecule has 158 valence electrons. The summed E-state index contributed by atoms with van der Waals surface area (Å²) in [6, 6.07) is 13.3. The molecule has 3 heterocycles. The lowest BCUT2D eigenvalue weighted by Gasteiger charge is -2.27. The molecule has 10 heteroatoms. The van der Waals surface area contributed by atoms with E-state index in [0.717, 1.165) is 0 Å². The van der Waals surface area contributed by atoms with E-state index >= 15 is 0 Å². The van der Waals surface area contributed by atoms with Crippen LogP contribution in [-0.4, -0.2) is 55.9 Å². The Kier molecular flexibility index (Phi) is 4.91. The Balaban J connectivity index is 1.74. The minimum atomic E-state index is -2.82. The number of ether oxygens (including phenoxy) is 1. The third-order valence-corrected chi connectivity index (χ3v) is 4.99. The normalized spacial score (nSPS) is 14.5. The molecule has 4 aromatic rings. The molecular weight excluding hydrogens is 406 g/mol. The maximum absolute atomic E-state index is 13.9. The number of aromatic hydroxyl groups is 1. The number of rotatable bonds is 4. The van der Waals surface area contributed by atoms with Gasteiger partial charge in [-0.25, -0.2) is 13.8 Å². The fourth-order valence-corrected chi connectivity index (χ4v) is 3.53. The molecule has 1 aliphatic heterocycles. The SMILES string of the molecule is Oc1cccc(-c2nc(N3CCOCC3)nc(-n3c(C(F)F)nc4ccccc43)n2)c1. The molecule has 0 saturated carbocycles. The summed E-state index contributed by atoms with van der Waals surface area (Å²) in [5.74, 6) is 0.264. The zero-order valence-electron chi connectivity index (χ0n) is 16.3. The largest absolute Gasteiger partial charge is 0.508 e. The molecule has 1 fully saturated rings. The lowest BCUT2D eigenvalue weighted by atomic mass is 10.2. The minimum absolute atomic E-state index is 0.0406. The van der Waals surface area contributed by atoms with E-state index < -0.39 is 12.2 Å². The van der Waals surface area contributed by atoms with Gasteiger partial charge in [0.25, 0.3) is 6.43 Å². The quantitative estimate of drug-likeness (QED) is 0.537. The number of phenolic OH excluding ortho intramolecular Hbond substituents is 1. The number of hydrogen-bond donors (Lipinski definition) is 1. The molecule has 31 heavy (non-hydrogen) atoms. The van der Waals surface area contributed by atoms with Crippen molar-refractivity contribution in [3.8, 4) is 23.1 Å². The van der Waals surface area contributed by atoms with Crippen molar-refractivity contribution >= 4 is 17.0 Å². The second-order valence-corrected chi connectivity index (χ2v) is 7.00. The van der Waals surface area contributed by atoms with Gasteiger partial charge < -0.3 is 14.7 Å². The summed E-state index contributed by atoms with van der Waals surface area (Å²) in [5.41, 5.74) is 1.44. The van der Waals surface area contributed by atoms with Gasteiger partial charge in [0.15, 0.2) is 11.6 Å². The van der Waals surface area contributed by atoms with Gasteiger partial charge in [-0.3, -0.25) is 4.57 Å². The Morgan fingerprint density at radius 3 is 2.45 bits per heavy atom. The number of benzene rings is 2. The second kappa shape index (κ2) is 7.88. The highest BCUT2D eigenvalue weighted by molar-refractivity contribution is 5.77. The summed E-state index contributed by atoms with van der Waals surface area (Å²) in [5, 5.41) is 9.89. The predicted octanol–water partition coefficient (Wildman–Crippen LogP) is 3.36. The fraction of sp³-hybridized carbons (Fsp3) is 0.238. The summed E-state index contributed by atoms with van der Waals surface area (Å²) in [4.78, 5) is 19.5. The molecule has 0 amide bonds. The van der Waals surface area contributed by atoms with Crippen LogP contribution in [0, 0.1) is 0 Å². The molecule has 0 bridgehead atoms. The third kappa shape index (κ3) is 3.66. The number of anilines is 1. The second-order valence-electron chi connectivity index (χ2n) is 7.00. The standard InChI is InChI=1S/C21H18F2N6O2/c22-17(23)19-24-15-6-1-2-7-16(15)29(19)21-26-18(13-4-3-5-14(30)12-13)25-20(27-21)28-8-10-31-11-9-28/h1-7,12,17,30H,8-11H2. The van der Waals surface area contributed by atoms with Crippen molar-refractivity contribution in [3.05, 3.63) is 54.4 Å². The molecule has 0 unspecified atom stereocenters. The van der Waals surface area contributed by atoms with E-state index in [4.69, 9.17) is 4.74 Å². The average Bonchev–Trinajstić information content (AvgIpc) is 3.19. The Morgan fingerprint density at radius 2 is 1.68 bits per heavy atom. The molecule has 1 saturated heterocycles. The van der Waals surface area contributed by atoms with E-state index in [-0.39, 0.29) is 17.5 Å². The van der Waals surface area contributed by atoms with Gasteiger partial charge in [-0.2, -0.15) is 15.0 Å². The highest BCUT2D eigenvalue weighted by Gasteiger charge is 2.24. The van der Waals surface area contributed by atoms with Gasteiger partial charge in [0.05, 0.1) is 24.2 Å². The summed E-state index contributed by atoms with van der Waals surface area (Å²) >= 11 is 0. The van der Waals surface area contributed by atoms with E-state index in [0.29, 0.717) is 48.8 Å². The molecule has 8 nitrogen and oxygen atoms in total. The molecule has 2 aromatic carbocycles. The monoisotopic (exact) mass is 424 g/mol. The van der Waals surface area contributed by atoms with Crippen molar-refractivity contribution in [3.63, 3.8) is 0 Å². The first-order valence-electron chi connectivity index (χ1n) is 9.74. The molecule has 0 aliphatic carbocycles. The number of imidazole rings is 1. The van der Waals surface area contributed by atoms with Gasteiger partial charge in [0, 0.05) is 18.7 Å². The minimum Gasteiger partial charge on any atom is -0.508 e. The number of hydrogen-bond acceptors (Lipinski definition) is 7. The summed E-state index contributed by atoms with van der Waals surface area (Å²) < 4.78 is 34.4. The van der Waals surface area contributed by atoms with E-state index in [2.05, 4.69) is 19.9 Å². The zero-order chi connectivity index (χ0) is 21.4. The van der Waals surface area contributed by atoms with Crippen LogP contribution in [0.5, 0.6) is 5.75 Å². The molecule has 2 aromatic heterocycles. The van der Waals surface area contributed by atoms with Gasteiger partial charge >= 0.3 is 0 Å². The first-order valence-corrected chi connectivity index (χ1v) is 9.74. The number of para-hydroxylation sites is 2. The lowest BCUT2D eigenvalue weighted by Crippen LogP contribution is -2.37. The number of nitrogens with zero attached hydrogens (tertiary/aromatic N) is 6. The molecular formula is C21H18F2N6O2. The average molecular weight is 424 g/mol. The Morgan fingerprint density at radius 1 is 0.903 bits per heavy atom. The maximum atomic E-state index is 13.9. The van der Waals surface area contributed by atoms with Crippen LogP contribution in [0.1, 0.15) is 12.2 Å². The fourth-order valence-electron chi connectivity index (χ4n) is 3.53. The highest BCUT2D eigenvalue weighted by atomic mass is 19.3. The topological polar surface area (TPSA) is 89.2 Å². The van der Waals surface area contributed by atoms with Crippen LogP contribution >= 0.6 is 0 Å². The van der Waals surface area contributed by atoms with Crippen LogP contribution in [0.4, 0.5) is 14.7 Å². The highest BCUT2D eigenvalue weighted by Crippen LogP contribution is 2.29. The van der Waals surface area contributed by atoms with Crippen molar-refractivity contribution in [2.24, 2.45) is 0 Å². The third-order valence-electron chi connectivity index (χ3n) is 4.99. The summed E-state index contributed by atoms with van der Waals surface area (Å²) in [6.45, 7) is 2.15. The van der Waals surface area contributed by atoms with E-state index in [1.165, 1.54) is 16.7 Å². The van der Waals surface area contributed by atoms with Crippen molar-refractivity contribution in [1.29, 1.82) is 0 Å². The lowest BCUT2D eigenvalue weighted by molar-refractivity contribution is 0.122. The van der Waals surface area contributed by atoms with Crippen molar-refractivity contribution in [1.82, 2.24) is 24.5 Å². The predicted molar refractivity (Wildman–Crippen MR) is 110 cm³/mol. The number of fused-ring (bicyclic) bond motifs is 1. The van der Waals surface area contributed by atoms with Gasteiger partial charge in [-0.15, -0.1) is 0 Å². The van der Waals surface area contributed by atoms with Crippen molar-refractivity contribution in [2.45, 2.75) is 6.43 Å². The van der Waals surface area contributed by atoms with Gasteiger partial charge in [-0.1, -0.05) is 24.3 Å². The molecule has 1 N–H and O–H groups in total.